The second-order valence-corrected chi connectivity index (χ2v) is 5.39. The summed E-state index contributed by atoms with van der Waals surface area (Å²) in [6.07, 6.45) is 2.77. The van der Waals surface area contributed by atoms with Gasteiger partial charge in [0, 0.05) is 6.54 Å². The topological polar surface area (TPSA) is 3.24 Å². The summed E-state index contributed by atoms with van der Waals surface area (Å²) < 4.78 is 0. The highest BCUT2D eigenvalue weighted by Gasteiger charge is 2.25. The highest BCUT2D eigenvalue weighted by atomic mass is 15.2. The number of rotatable bonds is 4. The van der Waals surface area contributed by atoms with Crippen LogP contribution in [0.1, 0.15) is 40.5 Å². The summed E-state index contributed by atoms with van der Waals surface area (Å²) in [7, 11) is 0. The maximum atomic E-state index is 2.57. The van der Waals surface area contributed by atoms with E-state index in [1.807, 2.05) is 0 Å². The molecule has 0 spiro atoms. The molecule has 1 heterocycles. The van der Waals surface area contributed by atoms with Crippen LogP contribution < -0.4 is 0 Å². The maximum absolute atomic E-state index is 2.57. The van der Waals surface area contributed by atoms with Crippen LogP contribution in [-0.2, 0) is 0 Å². The van der Waals surface area contributed by atoms with Gasteiger partial charge in [-0.3, -0.25) is 0 Å². The van der Waals surface area contributed by atoms with Crippen molar-refractivity contribution in [1.82, 2.24) is 4.90 Å². The highest BCUT2D eigenvalue weighted by molar-refractivity contribution is 4.79. The zero-order chi connectivity index (χ0) is 9.19. The van der Waals surface area contributed by atoms with E-state index in [-0.39, 0.29) is 0 Å². The molecule has 1 aliphatic heterocycles. The van der Waals surface area contributed by atoms with Gasteiger partial charge in [0.2, 0.25) is 0 Å². The molecule has 1 fully saturated rings. The van der Waals surface area contributed by atoms with Crippen LogP contribution in [-0.4, -0.2) is 24.5 Å². The molecule has 0 aliphatic carbocycles. The lowest BCUT2D eigenvalue weighted by Gasteiger charge is -2.38. The van der Waals surface area contributed by atoms with Crippen LogP contribution in [0, 0.1) is 11.3 Å². The van der Waals surface area contributed by atoms with Gasteiger partial charge in [0.1, 0.15) is 0 Å². The first-order valence-corrected chi connectivity index (χ1v) is 5.22. The van der Waals surface area contributed by atoms with Gasteiger partial charge < -0.3 is 4.90 Å². The van der Waals surface area contributed by atoms with Gasteiger partial charge in [-0.15, -0.1) is 0 Å². The van der Waals surface area contributed by atoms with Crippen LogP contribution in [0.15, 0.2) is 0 Å². The second-order valence-electron chi connectivity index (χ2n) is 5.39. The van der Waals surface area contributed by atoms with Crippen LogP contribution in [0.5, 0.6) is 0 Å². The van der Waals surface area contributed by atoms with E-state index in [1.165, 1.54) is 32.5 Å². The molecule has 1 nitrogen and oxygen atoms in total. The van der Waals surface area contributed by atoms with Crippen molar-refractivity contribution in [3.8, 4) is 0 Å². The summed E-state index contributed by atoms with van der Waals surface area (Å²) in [6.45, 7) is 13.4. The fourth-order valence-electron chi connectivity index (χ4n) is 2.31. The normalized spacial score (nSPS) is 19.8. The van der Waals surface area contributed by atoms with Crippen molar-refractivity contribution in [2.24, 2.45) is 11.3 Å². The standard InChI is InChI=1S/C11H23N/c1-10(2)8-11(3,4)9-12-6-5-7-12/h10H,5-9H2,1-4H3. The highest BCUT2D eigenvalue weighted by Crippen LogP contribution is 2.27. The summed E-state index contributed by atoms with van der Waals surface area (Å²) in [5.74, 6) is 0.835. The molecule has 12 heavy (non-hydrogen) atoms. The lowest BCUT2D eigenvalue weighted by molar-refractivity contribution is 0.103. The molecule has 0 aromatic rings. The molecule has 0 unspecified atom stereocenters. The SMILES string of the molecule is CC(C)CC(C)(C)CN1CCC1. The summed E-state index contributed by atoms with van der Waals surface area (Å²) in [6, 6.07) is 0. The fourth-order valence-corrected chi connectivity index (χ4v) is 2.31. The molecule has 1 saturated heterocycles. The van der Waals surface area contributed by atoms with Gasteiger partial charge in [-0.25, -0.2) is 0 Å². The minimum atomic E-state index is 0.522. The van der Waals surface area contributed by atoms with Gasteiger partial charge in [-0.2, -0.15) is 0 Å². The lowest BCUT2D eigenvalue weighted by atomic mass is 9.83. The predicted molar refractivity (Wildman–Crippen MR) is 54.3 cm³/mol. The zero-order valence-electron chi connectivity index (χ0n) is 9.06. The smallest absolute Gasteiger partial charge is 0.00328 e. The second kappa shape index (κ2) is 3.78. The van der Waals surface area contributed by atoms with E-state index in [9.17, 15) is 0 Å². The molecule has 1 rings (SSSR count). The Morgan fingerprint density at radius 3 is 2.17 bits per heavy atom. The average Bonchev–Trinajstić information content (AvgIpc) is 1.76. The van der Waals surface area contributed by atoms with Crippen LogP contribution in [0.3, 0.4) is 0 Å². The van der Waals surface area contributed by atoms with Crippen LogP contribution >= 0.6 is 0 Å². The van der Waals surface area contributed by atoms with Crippen LogP contribution in [0.4, 0.5) is 0 Å². The third kappa shape index (κ3) is 3.14. The van der Waals surface area contributed by atoms with Crippen LogP contribution in [0.2, 0.25) is 0 Å². The molecule has 0 N–H and O–H groups in total. The van der Waals surface area contributed by atoms with Crippen molar-refractivity contribution >= 4 is 0 Å². The molecule has 0 aromatic heterocycles. The van der Waals surface area contributed by atoms with E-state index in [2.05, 4.69) is 32.6 Å². The van der Waals surface area contributed by atoms with Gasteiger partial charge in [0.25, 0.3) is 0 Å². The minimum absolute atomic E-state index is 0.522. The Labute approximate surface area is 77.1 Å². The van der Waals surface area contributed by atoms with Crippen molar-refractivity contribution in [1.29, 1.82) is 0 Å². The van der Waals surface area contributed by atoms with Gasteiger partial charge >= 0.3 is 0 Å². The predicted octanol–water partition coefficient (Wildman–Crippen LogP) is 2.76. The van der Waals surface area contributed by atoms with Gasteiger partial charge in [-0.05, 0) is 37.3 Å². The molecule has 0 saturated carbocycles. The summed E-state index contributed by atoms with van der Waals surface area (Å²) >= 11 is 0. The van der Waals surface area contributed by atoms with Gasteiger partial charge in [0.15, 0.2) is 0 Å². The fraction of sp³-hybridized carbons (Fsp3) is 1.00. The van der Waals surface area contributed by atoms with E-state index in [4.69, 9.17) is 0 Å². The molecule has 0 bridgehead atoms. The van der Waals surface area contributed by atoms with E-state index in [0.717, 1.165) is 5.92 Å². The van der Waals surface area contributed by atoms with Crippen molar-refractivity contribution in [2.75, 3.05) is 19.6 Å². The van der Waals surface area contributed by atoms with Crippen molar-refractivity contribution in [3.05, 3.63) is 0 Å². The monoisotopic (exact) mass is 169 g/mol. The van der Waals surface area contributed by atoms with E-state index in [0.29, 0.717) is 5.41 Å². The first-order valence-electron chi connectivity index (χ1n) is 5.22. The molecule has 1 aliphatic rings. The van der Waals surface area contributed by atoms with Crippen LogP contribution in [0.25, 0.3) is 0 Å². The molecule has 0 amide bonds. The van der Waals surface area contributed by atoms with E-state index < -0.39 is 0 Å². The summed E-state index contributed by atoms with van der Waals surface area (Å²) in [5, 5.41) is 0. The van der Waals surface area contributed by atoms with E-state index in [1.54, 1.807) is 0 Å². The Balaban J connectivity index is 2.25. The largest absolute Gasteiger partial charge is 0.303 e. The van der Waals surface area contributed by atoms with Crippen molar-refractivity contribution < 1.29 is 0 Å². The van der Waals surface area contributed by atoms with Crippen molar-refractivity contribution in [2.45, 2.75) is 40.5 Å². The number of hydrogen-bond donors (Lipinski definition) is 0. The minimum Gasteiger partial charge on any atom is -0.303 e. The average molecular weight is 169 g/mol. The molecular formula is C11H23N. The molecule has 0 aromatic carbocycles. The van der Waals surface area contributed by atoms with Gasteiger partial charge in [-0.1, -0.05) is 27.7 Å². The molecular weight excluding hydrogens is 146 g/mol. The van der Waals surface area contributed by atoms with E-state index >= 15 is 0 Å². The molecule has 1 heteroatoms. The molecule has 72 valence electrons. The summed E-state index contributed by atoms with van der Waals surface area (Å²) in [5.41, 5.74) is 0.522. The first-order chi connectivity index (χ1) is 5.49. The zero-order valence-corrected chi connectivity index (χ0v) is 9.06. The third-order valence-electron chi connectivity index (χ3n) is 2.56. The number of nitrogens with zero attached hydrogens (tertiary/aromatic N) is 1. The Morgan fingerprint density at radius 2 is 1.83 bits per heavy atom. The lowest BCUT2D eigenvalue weighted by Crippen LogP contribution is -2.43. The van der Waals surface area contributed by atoms with Gasteiger partial charge in [0.05, 0.1) is 0 Å². The molecule has 0 radical (unpaired) electrons. The first kappa shape index (κ1) is 10.0. The third-order valence-corrected chi connectivity index (χ3v) is 2.56. The maximum Gasteiger partial charge on any atom is 0.00328 e. The Kier molecular flexibility index (Phi) is 3.16. The summed E-state index contributed by atoms with van der Waals surface area (Å²) in [4.78, 5) is 2.57. The quantitative estimate of drug-likeness (QED) is 0.625. The number of likely N-dealkylation sites (tertiary alicyclic amines) is 1. The molecule has 0 atom stereocenters. The Hall–Kier alpha value is -0.0400. The Bertz CT molecular complexity index is 134. The Morgan fingerprint density at radius 1 is 1.25 bits per heavy atom. The number of hydrogen-bond acceptors (Lipinski definition) is 1. The van der Waals surface area contributed by atoms with Crippen molar-refractivity contribution in [3.63, 3.8) is 0 Å².